The van der Waals surface area contributed by atoms with Crippen LogP contribution in [0.4, 0.5) is 11.5 Å². The van der Waals surface area contributed by atoms with Crippen LogP contribution in [-0.4, -0.2) is 9.97 Å². The van der Waals surface area contributed by atoms with Crippen LogP contribution in [0.15, 0.2) is 48.5 Å². The Balaban J connectivity index is 1.83. The van der Waals surface area contributed by atoms with Gasteiger partial charge in [0.2, 0.25) is 0 Å². The lowest BCUT2D eigenvalue weighted by Crippen LogP contribution is -2.05. The van der Waals surface area contributed by atoms with E-state index in [9.17, 15) is 0 Å². The van der Waals surface area contributed by atoms with Crippen molar-refractivity contribution in [1.29, 1.82) is 0 Å². The number of benzene rings is 2. The van der Waals surface area contributed by atoms with E-state index >= 15 is 0 Å². The SMILES string of the molecule is Cc1nc2ccccc2nc1NCc1ccc(N)cc1. The summed E-state index contributed by atoms with van der Waals surface area (Å²) in [6.07, 6.45) is 0. The first-order chi connectivity index (χ1) is 9.72. The van der Waals surface area contributed by atoms with E-state index < -0.39 is 0 Å². The molecule has 1 aromatic heterocycles. The van der Waals surface area contributed by atoms with E-state index in [1.165, 1.54) is 0 Å². The Bertz CT molecular complexity index is 735. The van der Waals surface area contributed by atoms with Crippen LogP contribution < -0.4 is 11.1 Å². The Hall–Kier alpha value is -2.62. The molecule has 0 radical (unpaired) electrons. The molecular weight excluding hydrogens is 248 g/mol. The maximum atomic E-state index is 5.68. The number of hydrogen-bond acceptors (Lipinski definition) is 4. The van der Waals surface area contributed by atoms with Crippen molar-refractivity contribution in [3.05, 3.63) is 59.8 Å². The highest BCUT2D eigenvalue weighted by atomic mass is 15.0. The number of rotatable bonds is 3. The zero-order chi connectivity index (χ0) is 13.9. The van der Waals surface area contributed by atoms with Crippen LogP contribution >= 0.6 is 0 Å². The van der Waals surface area contributed by atoms with E-state index in [0.717, 1.165) is 33.8 Å². The molecule has 0 amide bonds. The molecule has 0 saturated heterocycles. The number of anilines is 2. The first-order valence-electron chi connectivity index (χ1n) is 6.54. The Morgan fingerprint density at radius 3 is 2.30 bits per heavy atom. The van der Waals surface area contributed by atoms with Crippen molar-refractivity contribution < 1.29 is 0 Å². The van der Waals surface area contributed by atoms with Gasteiger partial charge in [-0.15, -0.1) is 0 Å². The van der Waals surface area contributed by atoms with Crippen molar-refractivity contribution in [3.8, 4) is 0 Å². The summed E-state index contributed by atoms with van der Waals surface area (Å²) in [6.45, 7) is 2.67. The lowest BCUT2D eigenvalue weighted by Gasteiger charge is -2.09. The summed E-state index contributed by atoms with van der Waals surface area (Å²) in [5.74, 6) is 0.820. The number of fused-ring (bicyclic) bond motifs is 1. The average molecular weight is 264 g/mol. The van der Waals surface area contributed by atoms with Crippen molar-refractivity contribution in [2.24, 2.45) is 0 Å². The number of hydrogen-bond donors (Lipinski definition) is 2. The third-order valence-electron chi connectivity index (χ3n) is 3.18. The molecule has 0 fully saturated rings. The molecule has 0 bridgehead atoms. The Labute approximate surface area is 117 Å². The van der Waals surface area contributed by atoms with E-state index in [0.29, 0.717) is 6.54 Å². The van der Waals surface area contributed by atoms with Gasteiger partial charge < -0.3 is 11.1 Å². The third-order valence-corrected chi connectivity index (χ3v) is 3.18. The normalized spacial score (nSPS) is 10.7. The fraction of sp³-hybridized carbons (Fsp3) is 0.125. The largest absolute Gasteiger partial charge is 0.399 e. The standard InChI is InChI=1S/C16H16N4/c1-11-16(18-10-12-6-8-13(17)9-7-12)20-15-5-3-2-4-14(15)19-11/h2-9H,10,17H2,1H3,(H,18,20). The first kappa shape index (κ1) is 12.4. The number of nitrogens with one attached hydrogen (secondary N) is 1. The van der Waals surface area contributed by atoms with E-state index in [-0.39, 0.29) is 0 Å². The topological polar surface area (TPSA) is 63.8 Å². The van der Waals surface area contributed by atoms with Gasteiger partial charge >= 0.3 is 0 Å². The van der Waals surface area contributed by atoms with Gasteiger partial charge in [-0.05, 0) is 36.8 Å². The predicted octanol–water partition coefficient (Wildman–Crippen LogP) is 3.13. The van der Waals surface area contributed by atoms with E-state index in [1.54, 1.807) is 0 Å². The molecule has 0 spiro atoms. The van der Waals surface area contributed by atoms with Crippen LogP contribution in [0.2, 0.25) is 0 Å². The lowest BCUT2D eigenvalue weighted by molar-refractivity contribution is 1.08. The molecule has 0 saturated carbocycles. The molecule has 0 aliphatic carbocycles. The third kappa shape index (κ3) is 2.54. The Morgan fingerprint density at radius 1 is 0.950 bits per heavy atom. The fourth-order valence-corrected chi connectivity index (χ4v) is 2.08. The smallest absolute Gasteiger partial charge is 0.148 e. The number of nitrogen functional groups attached to an aromatic ring is 1. The summed E-state index contributed by atoms with van der Waals surface area (Å²) < 4.78 is 0. The highest BCUT2D eigenvalue weighted by Gasteiger charge is 2.04. The van der Waals surface area contributed by atoms with Crippen LogP contribution in [0.3, 0.4) is 0 Å². The molecule has 0 aliphatic heterocycles. The van der Waals surface area contributed by atoms with E-state index in [2.05, 4.69) is 15.3 Å². The van der Waals surface area contributed by atoms with Gasteiger partial charge in [0, 0.05) is 12.2 Å². The molecule has 3 rings (SSSR count). The number of aryl methyl sites for hydroxylation is 1. The first-order valence-corrected chi connectivity index (χ1v) is 6.54. The summed E-state index contributed by atoms with van der Waals surface area (Å²) in [5, 5.41) is 3.33. The summed E-state index contributed by atoms with van der Waals surface area (Å²) in [4.78, 5) is 9.17. The second-order valence-corrected chi connectivity index (χ2v) is 4.74. The van der Waals surface area contributed by atoms with Crippen molar-refractivity contribution in [3.63, 3.8) is 0 Å². The van der Waals surface area contributed by atoms with Gasteiger partial charge in [-0.25, -0.2) is 9.97 Å². The van der Waals surface area contributed by atoms with E-state index in [1.807, 2.05) is 55.5 Å². The van der Waals surface area contributed by atoms with Crippen molar-refractivity contribution >= 4 is 22.5 Å². The number of nitrogens with two attached hydrogens (primary N) is 1. The molecule has 3 aromatic rings. The number of nitrogens with zero attached hydrogens (tertiary/aromatic N) is 2. The highest BCUT2D eigenvalue weighted by molar-refractivity contribution is 5.76. The summed E-state index contributed by atoms with van der Waals surface area (Å²) in [5.41, 5.74) is 10.3. The zero-order valence-corrected chi connectivity index (χ0v) is 11.3. The molecule has 4 nitrogen and oxygen atoms in total. The Kier molecular flexibility index (Phi) is 3.21. The summed E-state index contributed by atoms with van der Waals surface area (Å²) in [6, 6.07) is 15.7. The molecule has 0 atom stereocenters. The second-order valence-electron chi connectivity index (χ2n) is 4.74. The zero-order valence-electron chi connectivity index (χ0n) is 11.3. The molecule has 2 aromatic carbocycles. The van der Waals surface area contributed by atoms with Gasteiger partial charge in [0.15, 0.2) is 0 Å². The molecule has 1 heterocycles. The molecule has 100 valence electrons. The second kappa shape index (κ2) is 5.17. The number of aromatic nitrogens is 2. The van der Waals surface area contributed by atoms with Crippen molar-refractivity contribution in [1.82, 2.24) is 9.97 Å². The summed E-state index contributed by atoms with van der Waals surface area (Å²) in [7, 11) is 0. The minimum Gasteiger partial charge on any atom is -0.399 e. The molecular formula is C16H16N4. The van der Waals surface area contributed by atoms with Crippen LogP contribution in [0.25, 0.3) is 11.0 Å². The van der Waals surface area contributed by atoms with E-state index in [4.69, 9.17) is 5.73 Å². The van der Waals surface area contributed by atoms with Gasteiger partial charge in [-0.3, -0.25) is 0 Å². The molecule has 4 heteroatoms. The Morgan fingerprint density at radius 2 is 1.60 bits per heavy atom. The highest BCUT2D eigenvalue weighted by Crippen LogP contribution is 2.17. The molecule has 0 aliphatic rings. The molecule has 0 unspecified atom stereocenters. The van der Waals surface area contributed by atoms with Crippen LogP contribution in [0, 0.1) is 6.92 Å². The van der Waals surface area contributed by atoms with Crippen molar-refractivity contribution in [2.45, 2.75) is 13.5 Å². The minimum absolute atomic E-state index is 0.703. The minimum atomic E-state index is 0.703. The van der Waals surface area contributed by atoms with Gasteiger partial charge in [0.05, 0.1) is 16.7 Å². The number of para-hydroxylation sites is 2. The van der Waals surface area contributed by atoms with Gasteiger partial charge in [0.1, 0.15) is 5.82 Å². The van der Waals surface area contributed by atoms with Crippen molar-refractivity contribution in [2.75, 3.05) is 11.1 Å². The summed E-state index contributed by atoms with van der Waals surface area (Å²) >= 11 is 0. The monoisotopic (exact) mass is 264 g/mol. The maximum Gasteiger partial charge on any atom is 0.148 e. The quantitative estimate of drug-likeness (QED) is 0.713. The van der Waals surface area contributed by atoms with Gasteiger partial charge in [0.25, 0.3) is 0 Å². The van der Waals surface area contributed by atoms with Crippen LogP contribution in [0.1, 0.15) is 11.3 Å². The van der Waals surface area contributed by atoms with Crippen LogP contribution in [0.5, 0.6) is 0 Å². The molecule has 3 N–H and O–H groups in total. The predicted molar refractivity (Wildman–Crippen MR) is 82.5 cm³/mol. The fourth-order valence-electron chi connectivity index (χ4n) is 2.08. The van der Waals surface area contributed by atoms with Gasteiger partial charge in [-0.1, -0.05) is 24.3 Å². The molecule has 20 heavy (non-hydrogen) atoms. The van der Waals surface area contributed by atoms with Gasteiger partial charge in [-0.2, -0.15) is 0 Å². The average Bonchev–Trinajstić information content (AvgIpc) is 2.47. The maximum absolute atomic E-state index is 5.68. The lowest BCUT2D eigenvalue weighted by atomic mass is 10.2. The van der Waals surface area contributed by atoms with Crippen LogP contribution in [-0.2, 0) is 6.54 Å².